The Morgan fingerprint density at radius 2 is 2.11 bits per heavy atom. The van der Waals surface area contributed by atoms with Gasteiger partial charge in [-0.15, -0.1) is 0 Å². The van der Waals surface area contributed by atoms with Gasteiger partial charge in [0.1, 0.15) is 0 Å². The quantitative estimate of drug-likeness (QED) is 0.850. The third kappa shape index (κ3) is 3.26. The third-order valence-electron chi connectivity index (χ3n) is 3.62. The Hall–Kier alpha value is -1.55. The van der Waals surface area contributed by atoms with Gasteiger partial charge in [0.25, 0.3) is 5.91 Å². The predicted octanol–water partition coefficient (Wildman–Crippen LogP) is 2.22. The van der Waals surface area contributed by atoms with E-state index in [1.54, 1.807) is 6.07 Å². The fourth-order valence-corrected chi connectivity index (χ4v) is 2.50. The molecule has 0 aromatic heterocycles. The molecule has 1 aromatic rings. The van der Waals surface area contributed by atoms with Crippen LogP contribution in [0.5, 0.6) is 0 Å². The first-order valence-corrected chi connectivity index (χ1v) is 6.88. The maximum atomic E-state index is 12.5. The molecule has 0 radical (unpaired) electrons. The molecule has 4 heteroatoms. The van der Waals surface area contributed by atoms with Crippen molar-refractivity contribution in [2.75, 3.05) is 25.4 Å². The molecule has 1 aromatic carbocycles. The molecule has 0 atom stereocenters. The second-order valence-electron chi connectivity index (χ2n) is 5.02. The molecule has 1 aliphatic rings. The van der Waals surface area contributed by atoms with E-state index in [0.29, 0.717) is 11.8 Å². The first kappa shape index (κ1) is 13.9. The van der Waals surface area contributed by atoms with Gasteiger partial charge in [0, 0.05) is 30.9 Å². The molecule has 1 fully saturated rings. The van der Waals surface area contributed by atoms with Crippen LogP contribution in [0.4, 0.5) is 5.69 Å². The summed E-state index contributed by atoms with van der Waals surface area (Å²) in [5, 5.41) is 0. The lowest BCUT2D eigenvalue weighted by Gasteiger charge is -2.32. The highest BCUT2D eigenvalue weighted by molar-refractivity contribution is 5.96. The molecule has 1 saturated heterocycles. The summed E-state index contributed by atoms with van der Waals surface area (Å²) in [4.78, 5) is 14.4. The van der Waals surface area contributed by atoms with Gasteiger partial charge in [-0.1, -0.05) is 6.07 Å². The standard InChI is InChI=1S/C15H22N2O2/c1-3-19-13-6-8-17(9-7-13)15(18)14-10-12(16)5-4-11(14)2/h4-5,10,13H,3,6-9,16H2,1-2H3. The number of amides is 1. The van der Waals surface area contributed by atoms with Crippen molar-refractivity contribution >= 4 is 11.6 Å². The zero-order chi connectivity index (χ0) is 13.8. The monoisotopic (exact) mass is 262 g/mol. The Morgan fingerprint density at radius 3 is 2.74 bits per heavy atom. The number of likely N-dealkylation sites (tertiary alicyclic amines) is 1. The molecule has 2 rings (SSSR count). The lowest BCUT2D eigenvalue weighted by Crippen LogP contribution is -2.41. The van der Waals surface area contributed by atoms with E-state index in [2.05, 4.69) is 0 Å². The van der Waals surface area contributed by atoms with Crippen molar-refractivity contribution in [2.24, 2.45) is 0 Å². The zero-order valence-electron chi connectivity index (χ0n) is 11.7. The number of benzene rings is 1. The number of aryl methyl sites for hydroxylation is 1. The molecule has 1 heterocycles. The molecule has 0 saturated carbocycles. The molecule has 104 valence electrons. The van der Waals surface area contributed by atoms with Crippen LogP contribution in [0.3, 0.4) is 0 Å². The minimum absolute atomic E-state index is 0.0831. The summed E-state index contributed by atoms with van der Waals surface area (Å²) in [6, 6.07) is 5.50. The molecular formula is C15H22N2O2. The van der Waals surface area contributed by atoms with Crippen LogP contribution < -0.4 is 5.73 Å². The van der Waals surface area contributed by atoms with E-state index in [0.717, 1.165) is 43.7 Å². The Balaban J connectivity index is 2.03. The van der Waals surface area contributed by atoms with E-state index < -0.39 is 0 Å². The predicted molar refractivity (Wildman–Crippen MR) is 76.1 cm³/mol. The average molecular weight is 262 g/mol. The van der Waals surface area contributed by atoms with Crippen molar-refractivity contribution in [2.45, 2.75) is 32.8 Å². The number of piperidine rings is 1. The third-order valence-corrected chi connectivity index (χ3v) is 3.62. The highest BCUT2D eigenvalue weighted by atomic mass is 16.5. The number of carbonyl (C=O) groups excluding carboxylic acids is 1. The maximum Gasteiger partial charge on any atom is 0.254 e. The van der Waals surface area contributed by atoms with Crippen molar-refractivity contribution in [1.29, 1.82) is 0 Å². The summed E-state index contributed by atoms with van der Waals surface area (Å²) in [7, 11) is 0. The van der Waals surface area contributed by atoms with Gasteiger partial charge in [-0.05, 0) is 44.4 Å². The Kier molecular flexibility index (Phi) is 4.43. The largest absolute Gasteiger partial charge is 0.399 e. The summed E-state index contributed by atoms with van der Waals surface area (Å²) in [5.74, 6) is 0.0831. The van der Waals surface area contributed by atoms with Gasteiger partial charge < -0.3 is 15.4 Å². The summed E-state index contributed by atoms with van der Waals surface area (Å²) >= 11 is 0. The van der Waals surface area contributed by atoms with Gasteiger partial charge in [0.2, 0.25) is 0 Å². The molecule has 4 nitrogen and oxygen atoms in total. The fourth-order valence-electron chi connectivity index (χ4n) is 2.50. The van der Waals surface area contributed by atoms with Crippen LogP contribution in [0.15, 0.2) is 18.2 Å². The van der Waals surface area contributed by atoms with E-state index in [1.165, 1.54) is 0 Å². The first-order chi connectivity index (χ1) is 9.11. The van der Waals surface area contributed by atoms with Gasteiger partial charge in [-0.3, -0.25) is 4.79 Å². The van der Waals surface area contributed by atoms with E-state index in [-0.39, 0.29) is 5.91 Å². The Labute approximate surface area is 114 Å². The topological polar surface area (TPSA) is 55.6 Å². The van der Waals surface area contributed by atoms with Crippen LogP contribution in [0.25, 0.3) is 0 Å². The SMILES string of the molecule is CCOC1CCN(C(=O)c2cc(N)ccc2C)CC1. The minimum atomic E-state index is 0.0831. The molecule has 19 heavy (non-hydrogen) atoms. The highest BCUT2D eigenvalue weighted by Gasteiger charge is 2.24. The average Bonchev–Trinajstić information content (AvgIpc) is 2.42. The van der Waals surface area contributed by atoms with Crippen LogP contribution in [0.1, 0.15) is 35.7 Å². The van der Waals surface area contributed by atoms with Crippen LogP contribution in [-0.2, 0) is 4.74 Å². The van der Waals surface area contributed by atoms with Gasteiger partial charge >= 0.3 is 0 Å². The summed E-state index contributed by atoms with van der Waals surface area (Å²) in [5.41, 5.74) is 8.10. The molecule has 1 aliphatic heterocycles. The summed E-state index contributed by atoms with van der Waals surface area (Å²) in [6.45, 7) is 6.22. The van der Waals surface area contributed by atoms with E-state index in [9.17, 15) is 4.79 Å². The number of ether oxygens (including phenoxy) is 1. The zero-order valence-corrected chi connectivity index (χ0v) is 11.7. The van der Waals surface area contributed by atoms with Crippen molar-refractivity contribution in [3.05, 3.63) is 29.3 Å². The number of rotatable bonds is 3. The Morgan fingerprint density at radius 1 is 1.42 bits per heavy atom. The molecule has 0 spiro atoms. The van der Waals surface area contributed by atoms with Crippen molar-refractivity contribution < 1.29 is 9.53 Å². The summed E-state index contributed by atoms with van der Waals surface area (Å²) < 4.78 is 5.60. The van der Waals surface area contributed by atoms with Crippen LogP contribution in [0, 0.1) is 6.92 Å². The second-order valence-corrected chi connectivity index (χ2v) is 5.02. The van der Waals surface area contributed by atoms with Crippen LogP contribution in [-0.4, -0.2) is 36.6 Å². The van der Waals surface area contributed by atoms with Crippen LogP contribution in [0.2, 0.25) is 0 Å². The lowest BCUT2D eigenvalue weighted by atomic mass is 10.0. The van der Waals surface area contributed by atoms with Gasteiger partial charge in [-0.25, -0.2) is 0 Å². The molecule has 0 aliphatic carbocycles. The van der Waals surface area contributed by atoms with Gasteiger partial charge in [0.05, 0.1) is 6.10 Å². The number of hydrogen-bond donors (Lipinski definition) is 1. The van der Waals surface area contributed by atoms with Crippen LogP contribution >= 0.6 is 0 Å². The highest BCUT2D eigenvalue weighted by Crippen LogP contribution is 2.19. The summed E-state index contributed by atoms with van der Waals surface area (Å²) in [6.07, 6.45) is 2.14. The van der Waals surface area contributed by atoms with Gasteiger partial charge in [-0.2, -0.15) is 0 Å². The lowest BCUT2D eigenvalue weighted by molar-refractivity contribution is 0.0146. The van der Waals surface area contributed by atoms with E-state index in [4.69, 9.17) is 10.5 Å². The molecule has 1 amide bonds. The van der Waals surface area contributed by atoms with Crippen molar-refractivity contribution in [3.63, 3.8) is 0 Å². The number of hydrogen-bond acceptors (Lipinski definition) is 3. The van der Waals surface area contributed by atoms with E-state index in [1.807, 2.05) is 30.9 Å². The minimum Gasteiger partial charge on any atom is -0.399 e. The molecule has 2 N–H and O–H groups in total. The maximum absolute atomic E-state index is 12.5. The number of nitrogens with zero attached hydrogens (tertiary/aromatic N) is 1. The van der Waals surface area contributed by atoms with Crippen molar-refractivity contribution in [1.82, 2.24) is 4.90 Å². The molecule has 0 bridgehead atoms. The molecule has 0 unspecified atom stereocenters. The number of anilines is 1. The number of nitrogens with two attached hydrogens (primary N) is 1. The number of nitrogen functional groups attached to an aromatic ring is 1. The first-order valence-electron chi connectivity index (χ1n) is 6.88. The number of carbonyl (C=O) groups is 1. The second kappa shape index (κ2) is 6.06. The van der Waals surface area contributed by atoms with Crippen molar-refractivity contribution in [3.8, 4) is 0 Å². The normalized spacial score (nSPS) is 16.6. The fraction of sp³-hybridized carbons (Fsp3) is 0.533. The van der Waals surface area contributed by atoms with Gasteiger partial charge in [0.15, 0.2) is 0 Å². The smallest absolute Gasteiger partial charge is 0.254 e. The van der Waals surface area contributed by atoms with E-state index >= 15 is 0 Å². The molecular weight excluding hydrogens is 240 g/mol. The Bertz CT molecular complexity index is 451.